The number of benzene rings is 2. The zero-order valence-corrected chi connectivity index (χ0v) is 20.4. The van der Waals surface area contributed by atoms with Gasteiger partial charge in [-0.1, -0.05) is 50.2 Å². The van der Waals surface area contributed by atoms with Crippen molar-refractivity contribution >= 4 is 11.6 Å². The third kappa shape index (κ3) is 4.23. The third-order valence-corrected chi connectivity index (χ3v) is 7.95. The Morgan fingerprint density at radius 2 is 1.64 bits per heavy atom. The molecule has 188 valence electrons. The zero-order chi connectivity index (χ0) is 25.4. The van der Waals surface area contributed by atoms with E-state index >= 15 is 0 Å². The molecule has 3 aromatic rings. The van der Waals surface area contributed by atoms with Gasteiger partial charge in [-0.15, -0.1) is 0 Å². The molecule has 0 spiro atoms. The number of amides is 1. The molecule has 0 saturated carbocycles. The van der Waals surface area contributed by atoms with Crippen molar-refractivity contribution < 1.29 is 18.7 Å². The van der Waals surface area contributed by atoms with Crippen molar-refractivity contribution in [3.8, 4) is 0 Å². The van der Waals surface area contributed by atoms with Gasteiger partial charge in [0.1, 0.15) is 18.0 Å². The molecule has 4 unspecified atom stereocenters. The minimum atomic E-state index is -1.05. The van der Waals surface area contributed by atoms with Gasteiger partial charge < -0.3 is 14.9 Å². The van der Waals surface area contributed by atoms with E-state index < -0.39 is 29.1 Å². The first-order chi connectivity index (χ1) is 17.3. The van der Waals surface area contributed by atoms with E-state index in [1.165, 1.54) is 18.5 Å². The minimum absolute atomic E-state index is 0.0862. The van der Waals surface area contributed by atoms with Crippen molar-refractivity contribution in [2.45, 2.75) is 25.4 Å². The van der Waals surface area contributed by atoms with Gasteiger partial charge in [-0.3, -0.25) is 4.79 Å². The largest absolute Gasteiger partial charge is 0.384 e. The molecule has 1 amide bonds. The van der Waals surface area contributed by atoms with Crippen LogP contribution in [0.4, 0.5) is 14.5 Å². The average Bonchev–Trinajstić information content (AvgIpc) is 3.32. The molecule has 3 heterocycles. The molecular formula is C28H30F2N4O2. The number of carbonyl (C=O) groups is 1. The molecule has 2 aliphatic heterocycles. The topological polar surface area (TPSA) is 69.6 Å². The molecule has 2 fully saturated rings. The average molecular weight is 493 g/mol. The molecule has 2 aliphatic rings. The highest BCUT2D eigenvalue weighted by Gasteiger charge is 2.49. The molecule has 36 heavy (non-hydrogen) atoms. The smallest absolute Gasteiger partial charge is 0.228 e. The quantitative estimate of drug-likeness (QED) is 0.597. The third-order valence-electron chi connectivity index (χ3n) is 7.95. The van der Waals surface area contributed by atoms with Crippen molar-refractivity contribution in [2.24, 2.45) is 17.8 Å². The number of halogens is 2. The number of rotatable bonds is 4. The maximum Gasteiger partial charge on any atom is 0.228 e. The number of likely N-dealkylation sites (tertiary alicyclic amines) is 1. The first kappa shape index (κ1) is 24.3. The Morgan fingerprint density at radius 1 is 0.972 bits per heavy atom. The Kier molecular flexibility index (Phi) is 6.47. The predicted octanol–water partition coefficient (Wildman–Crippen LogP) is 3.98. The van der Waals surface area contributed by atoms with E-state index in [9.17, 15) is 18.7 Å². The summed E-state index contributed by atoms with van der Waals surface area (Å²) in [5.74, 6) is -2.78. The first-order valence-electron chi connectivity index (χ1n) is 12.3. The van der Waals surface area contributed by atoms with E-state index in [2.05, 4.69) is 9.97 Å². The summed E-state index contributed by atoms with van der Waals surface area (Å²) in [4.78, 5) is 25.9. The second-order valence-electron chi connectivity index (χ2n) is 10.1. The monoisotopic (exact) mass is 492 g/mol. The molecule has 1 aromatic heterocycles. The highest BCUT2D eigenvalue weighted by atomic mass is 19.1. The second-order valence-corrected chi connectivity index (χ2v) is 10.1. The van der Waals surface area contributed by atoms with E-state index in [4.69, 9.17) is 0 Å². The fraction of sp³-hybridized carbons (Fsp3) is 0.393. The van der Waals surface area contributed by atoms with Gasteiger partial charge >= 0.3 is 0 Å². The number of aromatic nitrogens is 2. The van der Waals surface area contributed by atoms with Crippen LogP contribution in [-0.4, -0.2) is 52.1 Å². The van der Waals surface area contributed by atoms with Gasteiger partial charge in [0.15, 0.2) is 0 Å². The van der Waals surface area contributed by atoms with E-state index in [0.29, 0.717) is 31.7 Å². The summed E-state index contributed by atoms with van der Waals surface area (Å²) in [6.45, 7) is 5.45. The lowest BCUT2D eigenvalue weighted by molar-refractivity contribution is -0.152. The number of hydrogen-bond acceptors (Lipinski definition) is 5. The van der Waals surface area contributed by atoms with Crippen molar-refractivity contribution in [1.29, 1.82) is 0 Å². The van der Waals surface area contributed by atoms with Gasteiger partial charge in [-0.05, 0) is 17.2 Å². The zero-order valence-electron chi connectivity index (χ0n) is 20.4. The summed E-state index contributed by atoms with van der Waals surface area (Å²) in [5, 5.41) is 11.7. The van der Waals surface area contributed by atoms with Crippen LogP contribution in [0.25, 0.3) is 0 Å². The maximum atomic E-state index is 14.9. The molecule has 0 aliphatic carbocycles. The molecule has 5 rings (SSSR count). The van der Waals surface area contributed by atoms with E-state index in [1.807, 2.05) is 49.1 Å². The summed E-state index contributed by atoms with van der Waals surface area (Å²) in [5.41, 5.74) is 0.871. The lowest BCUT2D eigenvalue weighted by Gasteiger charge is -2.48. The molecule has 8 heteroatoms. The summed E-state index contributed by atoms with van der Waals surface area (Å²) < 4.78 is 28.5. The fourth-order valence-corrected chi connectivity index (χ4v) is 6.03. The minimum Gasteiger partial charge on any atom is -0.384 e. The molecule has 6 nitrogen and oxygen atoms in total. The van der Waals surface area contributed by atoms with Gasteiger partial charge in [-0.25, -0.2) is 18.7 Å². The fourth-order valence-electron chi connectivity index (χ4n) is 6.03. The van der Waals surface area contributed by atoms with Crippen LogP contribution < -0.4 is 4.90 Å². The number of nitrogens with zero attached hydrogens (tertiary/aromatic N) is 4. The summed E-state index contributed by atoms with van der Waals surface area (Å²) in [6, 6.07) is 13.1. The first-order valence-corrected chi connectivity index (χ1v) is 12.3. The molecule has 2 aromatic carbocycles. The molecule has 2 saturated heterocycles. The van der Waals surface area contributed by atoms with Crippen molar-refractivity contribution in [3.63, 3.8) is 0 Å². The van der Waals surface area contributed by atoms with Crippen molar-refractivity contribution in [1.82, 2.24) is 14.9 Å². The summed E-state index contributed by atoms with van der Waals surface area (Å²) in [7, 11) is 0. The normalized spacial score (nSPS) is 28.4. The molecule has 1 N–H and O–H groups in total. The van der Waals surface area contributed by atoms with Crippen LogP contribution in [0.5, 0.6) is 0 Å². The van der Waals surface area contributed by atoms with Gasteiger partial charge in [0, 0.05) is 50.0 Å². The molecule has 4 atom stereocenters. The number of aliphatic hydroxyl groups is 1. The standard InChI is InChI=1S/C28H30F2N4O2/c1-18-13-34(14-19(2)28(18,36)20-6-4-3-5-7-20)27(35)25-16-33(22-11-31-17-32-12-22)15-24(25)23-9-8-21(29)10-26(23)30/h3-12,17-19,24-25,36H,13-16H2,1-2H3. The van der Waals surface area contributed by atoms with Crippen LogP contribution in [-0.2, 0) is 10.4 Å². The Labute approximate surface area is 209 Å². The van der Waals surface area contributed by atoms with E-state index in [-0.39, 0.29) is 17.7 Å². The van der Waals surface area contributed by atoms with Gasteiger partial charge in [-0.2, -0.15) is 0 Å². The van der Waals surface area contributed by atoms with E-state index in [0.717, 1.165) is 17.3 Å². The number of piperidine rings is 1. The lowest BCUT2D eigenvalue weighted by atomic mass is 9.70. The number of anilines is 1. The van der Waals surface area contributed by atoms with Gasteiger partial charge in [0.25, 0.3) is 0 Å². The van der Waals surface area contributed by atoms with Gasteiger partial charge in [0.05, 0.1) is 29.6 Å². The maximum absolute atomic E-state index is 14.9. The number of hydrogen-bond donors (Lipinski definition) is 1. The SMILES string of the molecule is CC1CN(C(=O)C2CN(c3cncnc3)CC2c2ccc(F)cc2F)CC(C)C1(O)c1ccccc1. The Morgan fingerprint density at radius 3 is 2.28 bits per heavy atom. The van der Waals surface area contributed by atoms with Gasteiger partial charge in [0.2, 0.25) is 5.91 Å². The Balaban J connectivity index is 1.43. The Bertz CT molecular complexity index is 1210. The van der Waals surface area contributed by atoms with Crippen LogP contribution in [0.1, 0.15) is 30.9 Å². The predicted molar refractivity (Wildman–Crippen MR) is 132 cm³/mol. The lowest BCUT2D eigenvalue weighted by Crippen LogP contribution is -2.57. The Hall–Kier alpha value is -3.39. The highest BCUT2D eigenvalue weighted by molar-refractivity contribution is 5.82. The summed E-state index contributed by atoms with van der Waals surface area (Å²) in [6.07, 6.45) is 4.77. The van der Waals surface area contributed by atoms with Crippen molar-refractivity contribution in [2.75, 3.05) is 31.1 Å². The van der Waals surface area contributed by atoms with Crippen LogP contribution in [0.3, 0.4) is 0 Å². The van der Waals surface area contributed by atoms with E-state index in [1.54, 1.807) is 17.3 Å². The second kappa shape index (κ2) is 9.58. The van der Waals surface area contributed by atoms with Crippen LogP contribution >= 0.6 is 0 Å². The summed E-state index contributed by atoms with van der Waals surface area (Å²) >= 11 is 0. The molecular weight excluding hydrogens is 462 g/mol. The molecule has 0 bridgehead atoms. The van der Waals surface area contributed by atoms with Crippen LogP contribution in [0, 0.1) is 29.4 Å². The van der Waals surface area contributed by atoms with Crippen LogP contribution in [0.2, 0.25) is 0 Å². The highest BCUT2D eigenvalue weighted by Crippen LogP contribution is 2.43. The number of carbonyl (C=O) groups excluding carboxylic acids is 1. The van der Waals surface area contributed by atoms with Crippen LogP contribution in [0.15, 0.2) is 67.3 Å². The van der Waals surface area contributed by atoms with Crippen molar-refractivity contribution in [3.05, 3.63) is 90.0 Å². The molecule has 0 radical (unpaired) electrons.